The third-order valence-electron chi connectivity index (χ3n) is 3.37. The molecule has 0 saturated carbocycles. The molecule has 0 radical (unpaired) electrons. The minimum absolute atomic E-state index is 0.163. The van der Waals surface area contributed by atoms with Gasteiger partial charge in [-0.1, -0.05) is 13.8 Å². The Morgan fingerprint density at radius 2 is 2.26 bits per heavy atom. The molecule has 0 spiro atoms. The molecular weight excluding hydrogens is 258 g/mol. The summed E-state index contributed by atoms with van der Waals surface area (Å²) in [4.78, 5) is 18.4. The number of pyridine rings is 1. The molecule has 1 aliphatic rings. The fraction of sp³-hybridized carbons (Fsp3) is 0.571. The lowest BCUT2D eigenvalue weighted by Gasteiger charge is -2.22. The van der Waals surface area contributed by atoms with Gasteiger partial charge in [0, 0.05) is 29.3 Å². The molecule has 2 rings (SSSR count). The highest BCUT2D eigenvalue weighted by Gasteiger charge is 2.25. The van der Waals surface area contributed by atoms with Gasteiger partial charge in [0.15, 0.2) is 0 Å². The third-order valence-corrected chi connectivity index (χ3v) is 4.74. The Balaban J connectivity index is 1.94. The van der Waals surface area contributed by atoms with Crippen molar-refractivity contribution in [2.45, 2.75) is 31.4 Å². The van der Waals surface area contributed by atoms with Crippen molar-refractivity contribution in [3.8, 4) is 0 Å². The van der Waals surface area contributed by atoms with E-state index in [9.17, 15) is 4.79 Å². The van der Waals surface area contributed by atoms with Gasteiger partial charge in [-0.25, -0.2) is 0 Å². The van der Waals surface area contributed by atoms with Crippen molar-refractivity contribution < 1.29 is 4.79 Å². The monoisotopic (exact) mass is 279 g/mol. The number of thioether (sulfide) groups is 1. The Kier molecular flexibility index (Phi) is 4.34. The largest absolute Gasteiger partial charge is 0.397 e. The molecule has 104 valence electrons. The zero-order chi connectivity index (χ0) is 13.9. The van der Waals surface area contributed by atoms with Crippen molar-refractivity contribution >= 4 is 23.4 Å². The molecule has 4 nitrogen and oxygen atoms in total. The fourth-order valence-electron chi connectivity index (χ4n) is 2.08. The Hall–Kier alpha value is -1.23. The van der Waals surface area contributed by atoms with Crippen LogP contribution in [0.1, 0.15) is 26.0 Å². The van der Waals surface area contributed by atoms with Crippen LogP contribution in [0, 0.1) is 0 Å². The van der Waals surface area contributed by atoms with Gasteiger partial charge in [-0.15, -0.1) is 0 Å². The number of amides is 1. The highest BCUT2D eigenvalue weighted by Crippen LogP contribution is 2.30. The highest BCUT2D eigenvalue weighted by molar-refractivity contribution is 8.00. The maximum Gasteiger partial charge on any atom is 0.228 e. The van der Waals surface area contributed by atoms with Crippen LogP contribution in [-0.4, -0.2) is 39.4 Å². The average molecular weight is 279 g/mol. The summed E-state index contributed by atoms with van der Waals surface area (Å²) >= 11 is 1.94. The number of hydrogen-bond acceptors (Lipinski definition) is 4. The molecule has 1 aromatic rings. The first-order valence-corrected chi connectivity index (χ1v) is 7.57. The molecule has 1 saturated heterocycles. The Morgan fingerprint density at radius 1 is 1.47 bits per heavy atom. The minimum atomic E-state index is 0.163. The van der Waals surface area contributed by atoms with E-state index in [0.717, 1.165) is 31.0 Å². The number of nitrogen functional groups attached to an aromatic ring is 1. The van der Waals surface area contributed by atoms with Crippen molar-refractivity contribution in [1.82, 2.24) is 9.88 Å². The molecule has 19 heavy (non-hydrogen) atoms. The van der Waals surface area contributed by atoms with Crippen molar-refractivity contribution in [2.75, 3.05) is 24.6 Å². The number of rotatable bonds is 2. The number of aromatic nitrogens is 1. The van der Waals surface area contributed by atoms with E-state index in [-0.39, 0.29) is 10.7 Å². The number of hydrogen-bond donors (Lipinski definition) is 1. The summed E-state index contributed by atoms with van der Waals surface area (Å²) in [7, 11) is 0. The summed E-state index contributed by atoms with van der Waals surface area (Å²) in [6.07, 6.45) is 3.01. The van der Waals surface area contributed by atoms with E-state index < -0.39 is 0 Å². The molecule has 5 heteroatoms. The average Bonchev–Trinajstić information content (AvgIpc) is 2.53. The predicted molar refractivity (Wildman–Crippen MR) is 80.1 cm³/mol. The first kappa shape index (κ1) is 14.2. The quantitative estimate of drug-likeness (QED) is 0.899. The molecule has 0 bridgehead atoms. The zero-order valence-electron chi connectivity index (χ0n) is 11.6. The first-order chi connectivity index (χ1) is 8.96. The Bertz CT molecular complexity index is 445. The fourth-order valence-corrected chi connectivity index (χ4v) is 3.18. The van der Waals surface area contributed by atoms with E-state index in [1.165, 1.54) is 0 Å². The molecule has 2 N–H and O–H groups in total. The molecule has 0 atom stereocenters. The van der Waals surface area contributed by atoms with Crippen molar-refractivity contribution in [3.63, 3.8) is 0 Å². The number of anilines is 1. The molecule has 1 aromatic heterocycles. The standard InChI is InChI=1S/C14H21N3OS/c1-14(2)5-6-17(7-8-19-14)13(18)9-12-4-3-11(15)10-16-12/h3-4,10H,5-9,15H2,1-2H3. The lowest BCUT2D eigenvalue weighted by molar-refractivity contribution is -0.130. The normalized spacial score (nSPS) is 18.9. The topological polar surface area (TPSA) is 59.2 Å². The van der Waals surface area contributed by atoms with E-state index in [1.807, 2.05) is 22.7 Å². The van der Waals surface area contributed by atoms with Crippen LogP contribution < -0.4 is 5.73 Å². The van der Waals surface area contributed by atoms with Gasteiger partial charge in [0.1, 0.15) is 0 Å². The molecule has 0 unspecified atom stereocenters. The second-order valence-electron chi connectivity index (χ2n) is 5.50. The lowest BCUT2D eigenvalue weighted by Crippen LogP contribution is -2.34. The molecule has 1 amide bonds. The summed E-state index contributed by atoms with van der Waals surface area (Å²) in [5.41, 5.74) is 7.01. The lowest BCUT2D eigenvalue weighted by atomic mass is 10.1. The van der Waals surface area contributed by atoms with Crippen LogP contribution in [0.15, 0.2) is 18.3 Å². The third kappa shape index (κ3) is 4.13. The van der Waals surface area contributed by atoms with E-state index in [4.69, 9.17) is 5.73 Å². The molecule has 2 heterocycles. The summed E-state index contributed by atoms with van der Waals surface area (Å²) in [5, 5.41) is 0. The van der Waals surface area contributed by atoms with Crippen LogP contribution in [0.2, 0.25) is 0 Å². The second kappa shape index (κ2) is 5.82. The van der Waals surface area contributed by atoms with Gasteiger partial charge in [0.25, 0.3) is 0 Å². The summed E-state index contributed by atoms with van der Waals surface area (Å²) in [6, 6.07) is 3.61. The highest BCUT2D eigenvalue weighted by atomic mass is 32.2. The van der Waals surface area contributed by atoms with Gasteiger partial charge >= 0.3 is 0 Å². The van der Waals surface area contributed by atoms with Crippen molar-refractivity contribution in [1.29, 1.82) is 0 Å². The molecular formula is C14H21N3OS. The van der Waals surface area contributed by atoms with Crippen LogP contribution >= 0.6 is 11.8 Å². The van der Waals surface area contributed by atoms with E-state index >= 15 is 0 Å². The van der Waals surface area contributed by atoms with Gasteiger partial charge in [0.05, 0.1) is 18.3 Å². The van der Waals surface area contributed by atoms with Crippen LogP contribution in [0.5, 0.6) is 0 Å². The van der Waals surface area contributed by atoms with Gasteiger partial charge in [-0.05, 0) is 18.6 Å². The van der Waals surface area contributed by atoms with Crippen LogP contribution in [0.3, 0.4) is 0 Å². The van der Waals surface area contributed by atoms with Gasteiger partial charge in [-0.2, -0.15) is 11.8 Å². The Labute approximate surface area is 118 Å². The number of nitrogens with zero attached hydrogens (tertiary/aromatic N) is 2. The minimum Gasteiger partial charge on any atom is -0.397 e. The zero-order valence-corrected chi connectivity index (χ0v) is 12.4. The van der Waals surface area contributed by atoms with Gasteiger partial charge in [-0.3, -0.25) is 9.78 Å². The second-order valence-corrected chi connectivity index (χ2v) is 7.30. The van der Waals surface area contributed by atoms with Crippen LogP contribution in [-0.2, 0) is 11.2 Å². The molecule has 0 aliphatic carbocycles. The number of carbonyl (C=O) groups excluding carboxylic acids is 1. The predicted octanol–water partition coefficient (Wildman–Crippen LogP) is 1.95. The van der Waals surface area contributed by atoms with E-state index in [1.54, 1.807) is 12.3 Å². The van der Waals surface area contributed by atoms with Crippen molar-refractivity contribution in [2.24, 2.45) is 0 Å². The van der Waals surface area contributed by atoms with E-state index in [2.05, 4.69) is 18.8 Å². The maximum atomic E-state index is 12.3. The van der Waals surface area contributed by atoms with Crippen molar-refractivity contribution in [3.05, 3.63) is 24.0 Å². The van der Waals surface area contributed by atoms with Crippen LogP contribution in [0.4, 0.5) is 5.69 Å². The van der Waals surface area contributed by atoms with Crippen LogP contribution in [0.25, 0.3) is 0 Å². The summed E-state index contributed by atoms with van der Waals surface area (Å²) in [6.45, 7) is 6.16. The number of nitrogens with two attached hydrogens (primary N) is 1. The smallest absolute Gasteiger partial charge is 0.228 e. The molecule has 0 aromatic carbocycles. The molecule has 1 fully saturated rings. The van der Waals surface area contributed by atoms with Gasteiger partial charge in [0.2, 0.25) is 5.91 Å². The number of carbonyl (C=O) groups is 1. The molecule has 1 aliphatic heterocycles. The first-order valence-electron chi connectivity index (χ1n) is 6.58. The Morgan fingerprint density at radius 3 is 2.95 bits per heavy atom. The summed E-state index contributed by atoms with van der Waals surface area (Å²) < 4.78 is 0.272. The SMILES string of the molecule is CC1(C)CCN(C(=O)Cc2ccc(N)cn2)CCS1. The maximum absolute atomic E-state index is 12.3. The van der Waals surface area contributed by atoms with Gasteiger partial charge < -0.3 is 10.6 Å². The summed E-state index contributed by atoms with van der Waals surface area (Å²) in [5.74, 6) is 1.17. The van der Waals surface area contributed by atoms with E-state index in [0.29, 0.717) is 12.1 Å².